The van der Waals surface area contributed by atoms with Crippen LogP contribution >= 0.6 is 0 Å². The molecule has 5 nitrogen and oxygen atoms in total. The molecule has 1 saturated heterocycles. The molecule has 2 heterocycles. The number of nitrogens with one attached hydrogen (secondary N) is 1. The highest BCUT2D eigenvalue weighted by molar-refractivity contribution is 5.92. The average Bonchev–Trinajstić information content (AvgIpc) is 2.60. The van der Waals surface area contributed by atoms with Crippen LogP contribution in [-0.4, -0.2) is 52.9 Å². The lowest BCUT2D eigenvalue weighted by atomic mass is 10.1. The van der Waals surface area contributed by atoms with Crippen LogP contribution in [-0.2, 0) is 11.3 Å². The number of nitrogens with zero attached hydrogens (tertiary/aromatic N) is 3. The third-order valence-corrected chi connectivity index (χ3v) is 4.47. The zero-order valence-corrected chi connectivity index (χ0v) is 14.4. The number of hydrogen-bond donors (Lipinski definition) is 1. The highest BCUT2D eigenvalue weighted by Gasteiger charge is 2.25. The van der Waals surface area contributed by atoms with Gasteiger partial charge in [0.2, 0.25) is 5.91 Å². The summed E-state index contributed by atoms with van der Waals surface area (Å²) in [6.45, 7) is 5.86. The summed E-state index contributed by atoms with van der Waals surface area (Å²) in [5.74, 6) is -0.595. The molecule has 1 amide bonds. The van der Waals surface area contributed by atoms with Gasteiger partial charge in [0.15, 0.2) is 0 Å². The molecule has 25 heavy (non-hydrogen) atoms. The number of amides is 1. The second kappa shape index (κ2) is 8.18. The third kappa shape index (κ3) is 4.84. The van der Waals surface area contributed by atoms with E-state index in [0.29, 0.717) is 0 Å². The lowest BCUT2D eigenvalue weighted by Gasteiger charge is -2.39. The Kier molecular flexibility index (Phi) is 5.73. The van der Waals surface area contributed by atoms with Gasteiger partial charge in [-0.15, -0.1) is 0 Å². The maximum atomic E-state index is 13.6. The molecule has 0 bridgehead atoms. The van der Waals surface area contributed by atoms with Gasteiger partial charge in [-0.25, -0.2) is 4.39 Å². The van der Waals surface area contributed by atoms with Crippen LogP contribution in [0.1, 0.15) is 12.5 Å². The van der Waals surface area contributed by atoms with Gasteiger partial charge in [0.25, 0.3) is 0 Å². The summed E-state index contributed by atoms with van der Waals surface area (Å²) in [6.07, 6.45) is 3.66. The van der Waals surface area contributed by atoms with E-state index >= 15 is 0 Å². The van der Waals surface area contributed by atoms with Gasteiger partial charge in [-0.1, -0.05) is 18.2 Å². The smallest absolute Gasteiger partial charge is 0.238 e. The second-order valence-corrected chi connectivity index (χ2v) is 6.44. The predicted molar refractivity (Wildman–Crippen MR) is 95.6 cm³/mol. The quantitative estimate of drug-likeness (QED) is 0.906. The van der Waals surface area contributed by atoms with Crippen molar-refractivity contribution >= 4 is 11.6 Å². The van der Waals surface area contributed by atoms with Crippen LogP contribution < -0.4 is 5.32 Å². The normalized spacial score (nSPS) is 18.9. The number of piperazine rings is 1. The lowest BCUT2D eigenvalue weighted by Crippen LogP contribution is -2.53. The molecule has 1 aromatic carbocycles. The fourth-order valence-electron chi connectivity index (χ4n) is 3.14. The molecular formula is C19H23FN4O. The minimum Gasteiger partial charge on any atom is -0.322 e. The number of hydrogen-bond acceptors (Lipinski definition) is 4. The number of halogens is 1. The first-order valence-electron chi connectivity index (χ1n) is 8.51. The van der Waals surface area contributed by atoms with Crippen molar-refractivity contribution in [1.29, 1.82) is 0 Å². The molecule has 0 spiro atoms. The molecule has 1 N–H and O–H groups in total. The molecule has 1 unspecified atom stereocenters. The number of para-hydroxylation sites is 1. The molecule has 6 heteroatoms. The standard InChI is InChI=1S/C19H23FN4O/c1-15-12-23(13-16-5-4-8-21-11-16)9-10-24(15)14-19(25)22-18-7-3-2-6-17(18)20/h2-8,11,15H,9-10,12-14H2,1H3,(H,22,25). The molecule has 1 atom stereocenters. The average molecular weight is 342 g/mol. The third-order valence-electron chi connectivity index (χ3n) is 4.47. The zero-order valence-electron chi connectivity index (χ0n) is 14.4. The first kappa shape index (κ1) is 17.5. The number of rotatable bonds is 5. The summed E-state index contributed by atoms with van der Waals surface area (Å²) in [5, 5.41) is 2.65. The number of carbonyl (C=O) groups is 1. The van der Waals surface area contributed by atoms with E-state index in [4.69, 9.17) is 0 Å². The lowest BCUT2D eigenvalue weighted by molar-refractivity contribution is -0.118. The number of carbonyl (C=O) groups excluding carboxylic acids is 1. The monoisotopic (exact) mass is 342 g/mol. The predicted octanol–water partition coefficient (Wildman–Crippen LogP) is 2.37. The first-order chi connectivity index (χ1) is 12.1. The van der Waals surface area contributed by atoms with Gasteiger partial charge in [-0.05, 0) is 30.7 Å². The summed E-state index contributed by atoms with van der Waals surface area (Å²) in [4.78, 5) is 20.9. The van der Waals surface area contributed by atoms with E-state index < -0.39 is 5.82 Å². The molecule has 0 radical (unpaired) electrons. The van der Waals surface area contributed by atoms with Crippen molar-refractivity contribution in [3.63, 3.8) is 0 Å². The summed E-state index contributed by atoms with van der Waals surface area (Å²) >= 11 is 0. The van der Waals surface area contributed by atoms with Crippen molar-refractivity contribution in [3.05, 3.63) is 60.2 Å². The van der Waals surface area contributed by atoms with Crippen molar-refractivity contribution in [1.82, 2.24) is 14.8 Å². The summed E-state index contributed by atoms with van der Waals surface area (Å²) in [7, 11) is 0. The highest BCUT2D eigenvalue weighted by Crippen LogP contribution is 2.15. The Morgan fingerprint density at radius 1 is 1.28 bits per heavy atom. The van der Waals surface area contributed by atoms with E-state index in [-0.39, 0.29) is 24.2 Å². The van der Waals surface area contributed by atoms with Crippen LogP contribution in [0, 0.1) is 5.82 Å². The minimum absolute atomic E-state index is 0.183. The van der Waals surface area contributed by atoms with Gasteiger partial charge in [-0.3, -0.25) is 19.6 Å². The topological polar surface area (TPSA) is 48.5 Å². The molecule has 1 aliphatic heterocycles. The molecule has 2 aromatic rings. The van der Waals surface area contributed by atoms with E-state index in [1.165, 1.54) is 11.6 Å². The van der Waals surface area contributed by atoms with Crippen LogP contribution in [0.15, 0.2) is 48.8 Å². The van der Waals surface area contributed by atoms with Crippen molar-refractivity contribution in [2.24, 2.45) is 0 Å². The van der Waals surface area contributed by atoms with E-state index in [9.17, 15) is 9.18 Å². The van der Waals surface area contributed by atoms with Crippen LogP contribution in [0.4, 0.5) is 10.1 Å². The largest absolute Gasteiger partial charge is 0.322 e. The van der Waals surface area contributed by atoms with Crippen LogP contribution in [0.5, 0.6) is 0 Å². The van der Waals surface area contributed by atoms with Gasteiger partial charge >= 0.3 is 0 Å². The van der Waals surface area contributed by atoms with E-state index in [1.54, 1.807) is 24.4 Å². The Labute approximate surface area is 147 Å². The number of benzene rings is 1. The maximum Gasteiger partial charge on any atom is 0.238 e. The fraction of sp³-hybridized carbons (Fsp3) is 0.368. The maximum absolute atomic E-state index is 13.6. The SMILES string of the molecule is CC1CN(Cc2cccnc2)CCN1CC(=O)Nc1ccccc1F. The first-order valence-corrected chi connectivity index (χ1v) is 8.51. The summed E-state index contributed by atoms with van der Waals surface area (Å²) < 4.78 is 13.6. The van der Waals surface area contributed by atoms with E-state index in [1.807, 2.05) is 12.3 Å². The van der Waals surface area contributed by atoms with Gasteiger partial charge in [0.1, 0.15) is 5.82 Å². The van der Waals surface area contributed by atoms with Gasteiger partial charge in [-0.2, -0.15) is 0 Å². The molecule has 3 rings (SSSR count). The Bertz CT molecular complexity index is 710. The number of aromatic nitrogens is 1. The molecule has 132 valence electrons. The van der Waals surface area contributed by atoms with Gasteiger partial charge in [0.05, 0.1) is 12.2 Å². The van der Waals surface area contributed by atoms with Crippen molar-refractivity contribution in [3.8, 4) is 0 Å². The zero-order chi connectivity index (χ0) is 17.6. The van der Waals surface area contributed by atoms with E-state index in [2.05, 4.69) is 33.1 Å². The van der Waals surface area contributed by atoms with Crippen LogP contribution in [0.3, 0.4) is 0 Å². The van der Waals surface area contributed by atoms with Crippen LogP contribution in [0.2, 0.25) is 0 Å². The number of anilines is 1. The Balaban J connectivity index is 1.50. The Morgan fingerprint density at radius 3 is 2.84 bits per heavy atom. The Hall–Kier alpha value is -2.31. The van der Waals surface area contributed by atoms with Crippen molar-refractivity contribution < 1.29 is 9.18 Å². The Morgan fingerprint density at radius 2 is 2.12 bits per heavy atom. The second-order valence-electron chi connectivity index (χ2n) is 6.44. The van der Waals surface area contributed by atoms with Gasteiger partial charge < -0.3 is 5.32 Å². The minimum atomic E-state index is -0.412. The molecule has 1 aliphatic rings. The molecule has 0 saturated carbocycles. The molecule has 1 aromatic heterocycles. The summed E-state index contributed by atoms with van der Waals surface area (Å²) in [6, 6.07) is 10.5. The van der Waals surface area contributed by atoms with E-state index in [0.717, 1.165) is 26.2 Å². The number of pyridine rings is 1. The van der Waals surface area contributed by atoms with Crippen LogP contribution in [0.25, 0.3) is 0 Å². The molecule has 0 aliphatic carbocycles. The fourth-order valence-corrected chi connectivity index (χ4v) is 3.14. The van der Waals surface area contributed by atoms with Gasteiger partial charge in [0, 0.05) is 44.6 Å². The highest BCUT2D eigenvalue weighted by atomic mass is 19.1. The molecular weight excluding hydrogens is 319 g/mol. The molecule has 1 fully saturated rings. The van der Waals surface area contributed by atoms with Crippen molar-refractivity contribution in [2.45, 2.75) is 19.5 Å². The van der Waals surface area contributed by atoms with Crippen molar-refractivity contribution in [2.75, 3.05) is 31.5 Å². The summed E-state index contributed by atoms with van der Waals surface area (Å²) in [5.41, 5.74) is 1.43.